The van der Waals surface area contributed by atoms with Gasteiger partial charge in [-0.25, -0.2) is 4.79 Å². The first-order valence-electron chi connectivity index (χ1n) is 5.19. The molecule has 1 aliphatic rings. The highest BCUT2D eigenvalue weighted by molar-refractivity contribution is 6.05. The third kappa shape index (κ3) is 2.18. The lowest BCUT2D eigenvalue weighted by atomic mass is 10.1. The largest absolute Gasteiger partial charge is 0.392 e. The van der Waals surface area contributed by atoms with Crippen LogP contribution in [0.15, 0.2) is 30.3 Å². The molecule has 17 heavy (non-hydrogen) atoms. The van der Waals surface area contributed by atoms with Gasteiger partial charge in [0.15, 0.2) is 0 Å². The Hall–Kier alpha value is -2.17. The van der Waals surface area contributed by atoms with Crippen molar-refractivity contribution >= 4 is 23.5 Å². The van der Waals surface area contributed by atoms with Crippen molar-refractivity contribution in [2.24, 2.45) is 0 Å². The molecule has 0 spiro atoms. The van der Waals surface area contributed by atoms with Gasteiger partial charge in [-0.1, -0.05) is 18.2 Å². The van der Waals surface area contributed by atoms with Crippen LogP contribution in [-0.4, -0.2) is 23.9 Å². The fraction of sp³-hybridized carbons (Fsp3) is 0.250. The Balaban J connectivity index is 2.34. The van der Waals surface area contributed by atoms with Crippen LogP contribution in [0.4, 0.5) is 5.69 Å². The molecule has 1 amide bonds. The van der Waals surface area contributed by atoms with Gasteiger partial charge in [0.25, 0.3) is 0 Å². The van der Waals surface area contributed by atoms with E-state index < -0.39 is 18.0 Å². The second-order valence-electron chi connectivity index (χ2n) is 3.74. The zero-order valence-corrected chi connectivity index (χ0v) is 9.25. The molecule has 0 aliphatic carbocycles. The van der Waals surface area contributed by atoms with Crippen LogP contribution in [0.25, 0.3) is 0 Å². The average molecular weight is 233 g/mol. The molecule has 0 radical (unpaired) electrons. The van der Waals surface area contributed by atoms with E-state index in [-0.39, 0.29) is 12.3 Å². The van der Waals surface area contributed by atoms with E-state index in [4.69, 9.17) is 0 Å². The Morgan fingerprint density at radius 3 is 2.41 bits per heavy atom. The van der Waals surface area contributed by atoms with Crippen molar-refractivity contribution in [2.45, 2.75) is 19.4 Å². The molecule has 88 valence electrons. The van der Waals surface area contributed by atoms with Gasteiger partial charge in [0.05, 0.1) is 6.42 Å². The number of para-hydroxylation sites is 1. The van der Waals surface area contributed by atoms with Gasteiger partial charge < -0.3 is 4.74 Å². The number of carbonyl (C=O) groups is 3. The highest BCUT2D eigenvalue weighted by Gasteiger charge is 2.39. The van der Waals surface area contributed by atoms with E-state index in [1.807, 2.05) is 0 Å². The maximum atomic E-state index is 11.6. The Morgan fingerprint density at radius 2 is 1.94 bits per heavy atom. The number of benzene rings is 1. The molecule has 5 heteroatoms. The molecule has 1 atom stereocenters. The lowest BCUT2D eigenvalue weighted by Crippen LogP contribution is -2.42. The zero-order chi connectivity index (χ0) is 12.4. The first kappa shape index (κ1) is 11.3. The van der Waals surface area contributed by atoms with Crippen molar-refractivity contribution < 1.29 is 19.1 Å². The Morgan fingerprint density at radius 1 is 1.29 bits per heavy atom. The fourth-order valence-electron chi connectivity index (χ4n) is 1.83. The van der Waals surface area contributed by atoms with E-state index in [0.29, 0.717) is 5.69 Å². The van der Waals surface area contributed by atoms with E-state index in [9.17, 15) is 14.4 Å². The molecular weight excluding hydrogens is 222 g/mol. The summed E-state index contributed by atoms with van der Waals surface area (Å²) in [5.41, 5.74) is 0.580. The van der Waals surface area contributed by atoms with Gasteiger partial charge in [0.1, 0.15) is 6.04 Å². The number of rotatable bonds is 2. The van der Waals surface area contributed by atoms with Crippen molar-refractivity contribution in [3.05, 3.63) is 30.3 Å². The normalized spacial score (nSPS) is 19.0. The lowest BCUT2D eigenvalue weighted by molar-refractivity contribution is -0.152. The zero-order valence-electron chi connectivity index (χ0n) is 9.25. The number of carbonyl (C=O) groups excluding carboxylic acids is 3. The van der Waals surface area contributed by atoms with Crippen LogP contribution in [0.3, 0.4) is 0 Å². The number of hydrogen-bond acceptors (Lipinski definition) is 4. The van der Waals surface area contributed by atoms with Gasteiger partial charge >= 0.3 is 11.9 Å². The summed E-state index contributed by atoms with van der Waals surface area (Å²) in [6, 6.07) is 7.89. The minimum atomic E-state index is -0.845. The molecule has 1 aromatic carbocycles. The first-order chi connectivity index (χ1) is 8.09. The van der Waals surface area contributed by atoms with Gasteiger partial charge in [0.2, 0.25) is 5.91 Å². The van der Waals surface area contributed by atoms with E-state index in [2.05, 4.69) is 4.74 Å². The number of anilines is 1. The van der Waals surface area contributed by atoms with Crippen molar-refractivity contribution in [1.29, 1.82) is 0 Å². The molecule has 0 N–H and O–H groups in total. The summed E-state index contributed by atoms with van der Waals surface area (Å²) < 4.78 is 4.45. The van der Waals surface area contributed by atoms with E-state index in [1.54, 1.807) is 30.3 Å². The van der Waals surface area contributed by atoms with Gasteiger partial charge in [0, 0.05) is 12.6 Å². The van der Waals surface area contributed by atoms with Crippen LogP contribution in [0.2, 0.25) is 0 Å². The van der Waals surface area contributed by atoms with Crippen LogP contribution in [-0.2, 0) is 19.1 Å². The molecule has 0 bridgehead atoms. The summed E-state index contributed by atoms with van der Waals surface area (Å²) >= 11 is 0. The van der Waals surface area contributed by atoms with Crippen LogP contribution in [0, 0.1) is 0 Å². The molecule has 0 saturated carbocycles. The predicted molar refractivity (Wildman–Crippen MR) is 59.1 cm³/mol. The van der Waals surface area contributed by atoms with Crippen LogP contribution < -0.4 is 4.90 Å². The number of cyclic esters (lactones) is 2. The smallest absolute Gasteiger partial charge is 0.337 e. The quantitative estimate of drug-likeness (QED) is 0.562. The third-order valence-electron chi connectivity index (χ3n) is 2.53. The minimum Gasteiger partial charge on any atom is -0.392 e. The van der Waals surface area contributed by atoms with Crippen molar-refractivity contribution in [3.8, 4) is 0 Å². The average Bonchev–Trinajstić information content (AvgIpc) is 2.59. The monoisotopic (exact) mass is 233 g/mol. The summed E-state index contributed by atoms with van der Waals surface area (Å²) in [5.74, 6) is -1.57. The Bertz CT molecular complexity index is 469. The fourth-order valence-corrected chi connectivity index (χ4v) is 1.83. The Labute approximate surface area is 98.0 Å². The molecule has 1 heterocycles. The number of ether oxygens (including phenoxy) is 1. The maximum Gasteiger partial charge on any atom is 0.337 e. The molecular formula is C12H11NO4. The van der Waals surface area contributed by atoms with Gasteiger partial charge in [-0.05, 0) is 12.1 Å². The summed E-state index contributed by atoms with van der Waals surface area (Å²) in [6.45, 7) is 1.35. The summed E-state index contributed by atoms with van der Waals surface area (Å²) in [4.78, 5) is 35.4. The Kier molecular flexibility index (Phi) is 2.91. The van der Waals surface area contributed by atoms with E-state index in [0.717, 1.165) is 0 Å². The molecule has 2 rings (SSSR count). The summed E-state index contributed by atoms with van der Waals surface area (Å²) in [5, 5.41) is 0. The molecule has 1 fully saturated rings. The van der Waals surface area contributed by atoms with Crippen molar-refractivity contribution in [2.75, 3.05) is 4.90 Å². The molecule has 1 aromatic rings. The topological polar surface area (TPSA) is 63.7 Å². The standard InChI is InChI=1S/C12H11NO4/c1-8(14)13(9-5-3-2-4-6-9)10-7-11(15)17-12(10)16/h2-6,10H,7H2,1H3. The summed E-state index contributed by atoms with van der Waals surface area (Å²) in [7, 11) is 0. The van der Waals surface area contributed by atoms with Gasteiger partial charge in [-0.2, -0.15) is 0 Å². The second-order valence-corrected chi connectivity index (χ2v) is 3.74. The second kappa shape index (κ2) is 4.37. The van der Waals surface area contributed by atoms with Crippen LogP contribution in [0.5, 0.6) is 0 Å². The molecule has 1 unspecified atom stereocenters. The molecule has 1 aliphatic heterocycles. The summed E-state index contributed by atoms with van der Waals surface area (Å²) in [6.07, 6.45) is -0.0900. The number of esters is 2. The van der Waals surface area contributed by atoms with Crippen molar-refractivity contribution in [3.63, 3.8) is 0 Å². The number of nitrogens with zero attached hydrogens (tertiary/aromatic N) is 1. The SMILES string of the molecule is CC(=O)N(c1ccccc1)C1CC(=O)OC1=O. The highest BCUT2D eigenvalue weighted by Crippen LogP contribution is 2.23. The minimum absolute atomic E-state index is 0.0900. The predicted octanol–water partition coefficient (Wildman–Crippen LogP) is 0.882. The lowest BCUT2D eigenvalue weighted by Gasteiger charge is -2.24. The number of amides is 1. The van der Waals surface area contributed by atoms with Gasteiger partial charge in [-0.15, -0.1) is 0 Å². The molecule has 0 aromatic heterocycles. The molecule has 5 nitrogen and oxygen atoms in total. The number of hydrogen-bond donors (Lipinski definition) is 0. The highest BCUT2D eigenvalue weighted by atomic mass is 16.6. The van der Waals surface area contributed by atoms with Crippen LogP contribution >= 0.6 is 0 Å². The van der Waals surface area contributed by atoms with Gasteiger partial charge in [-0.3, -0.25) is 14.5 Å². The molecule has 1 saturated heterocycles. The third-order valence-corrected chi connectivity index (χ3v) is 2.53. The first-order valence-corrected chi connectivity index (χ1v) is 5.19. The van der Waals surface area contributed by atoms with E-state index in [1.165, 1.54) is 11.8 Å². The van der Waals surface area contributed by atoms with Crippen LogP contribution in [0.1, 0.15) is 13.3 Å². The van der Waals surface area contributed by atoms with Crippen molar-refractivity contribution in [1.82, 2.24) is 0 Å². The maximum absolute atomic E-state index is 11.6. The van der Waals surface area contributed by atoms with E-state index >= 15 is 0 Å².